The Kier molecular flexibility index (Phi) is 8.38. The summed E-state index contributed by atoms with van der Waals surface area (Å²) in [5.74, 6) is -5.75. The van der Waals surface area contributed by atoms with Gasteiger partial charge in [-0.1, -0.05) is 30.8 Å². The van der Waals surface area contributed by atoms with Crippen LogP contribution in [0.5, 0.6) is 0 Å². The molecule has 0 bridgehead atoms. The first kappa shape index (κ1) is 28.3. The minimum absolute atomic E-state index is 0.0286. The molecule has 0 radical (unpaired) electrons. The lowest BCUT2D eigenvalue weighted by Crippen LogP contribution is -2.37. The topological polar surface area (TPSA) is 95.6 Å². The van der Waals surface area contributed by atoms with E-state index in [9.17, 15) is 40.0 Å². The summed E-state index contributed by atoms with van der Waals surface area (Å²) in [4.78, 5) is 25.8. The third-order valence-electron chi connectivity index (χ3n) is 5.81. The zero-order chi connectivity index (χ0) is 27.4. The van der Waals surface area contributed by atoms with Crippen LogP contribution < -0.4 is 10.0 Å². The summed E-state index contributed by atoms with van der Waals surface area (Å²) in [6.07, 6.45) is -4.51. The molecule has 1 atom stereocenters. The van der Waals surface area contributed by atoms with Crippen LogP contribution in [0.15, 0.2) is 60.5 Å². The molecular formula is C24H24F5N3O4S. The first-order valence-electron chi connectivity index (χ1n) is 11.0. The fourth-order valence-electron chi connectivity index (χ4n) is 3.70. The van der Waals surface area contributed by atoms with Gasteiger partial charge in [-0.25, -0.2) is 21.9 Å². The van der Waals surface area contributed by atoms with Crippen molar-refractivity contribution >= 4 is 21.8 Å². The molecule has 1 aliphatic heterocycles. The smallest absolute Gasteiger partial charge is 0.352 e. The van der Waals surface area contributed by atoms with Gasteiger partial charge < -0.3 is 10.2 Å². The second-order valence-electron chi connectivity index (χ2n) is 8.55. The number of carbonyl (C=O) groups excluding carboxylic acids is 2. The van der Waals surface area contributed by atoms with E-state index in [-0.39, 0.29) is 25.1 Å². The Bertz CT molecular complexity index is 1250. The number of alkyl halides is 5. The Balaban J connectivity index is 1.53. The number of rotatable bonds is 9. The summed E-state index contributed by atoms with van der Waals surface area (Å²) in [6, 6.07) is 10.2. The molecular weight excluding hydrogens is 521 g/mol. The number of nitrogens with one attached hydrogen (secondary N) is 2. The predicted molar refractivity (Wildman–Crippen MR) is 125 cm³/mol. The van der Waals surface area contributed by atoms with Crippen molar-refractivity contribution in [3.8, 4) is 0 Å². The second-order valence-corrected chi connectivity index (χ2v) is 10.3. The van der Waals surface area contributed by atoms with Crippen LogP contribution >= 0.6 is 0 Å². The van der Waals surface area contributed by atoms with Gasteiger partial charge in [-0.15, -0.1) is 0 Å². The molecule has 2 N–H and O–H groups in total. The molecule has 13 heteroatoms. The molecule has 2 aromatic carbocycles. The summed E-state index contributed by atoms with van der Waals surface area (Å²) >= 11 is 0. The summed E-state index contributed by atoms with van der Waals surface area (Å²) < 4.78 is 91.5. The third kappa shape index (κ3) is 7.59. The maximum Gasteiger partial charge on any atom is 0.416 e. The molecule has 3 rings (SSSR count). The van der Waals surface area contributed by atoms with Gasteiger partial charge in [0.15, 0.2) is 0 Å². The normalized spacial score (nSPS) is 17.4. The standard InChI is InChI=1S/C24H24F5N3O4S/c1-2-37(35,36)31-13-20-14-32(15-23(20,25)26)22(34)18-7-3-16(4-8-18)11-21(33)30-12-17-5-9-19(10-6-17)24(27,28)29/h2-10,20,31H,1,11-15H2,(H,30,33). The lowest BCUT2D eigenvalue weighted by molar-refractivity contribution is -0.137. The van der Waals surface area contributed by atoms with Gasteiger partial charge in [0.25, 0.3) is 11.8 Å². The lowest BCUT2D eigenvalue weighted by Gasteiger charge is -2.16. The molecule has 0 spiro atoms. The molecule has 37 heavy (non-hydrogen) atoms. The van der Waals surface area contributed by atoms with Crippen molar-refractivity contribution in [2.45, 2.75) is 25.1 Å². The fraction of sp³-hybridized carbons (Fsp3) is 0.333. The SMILES string of the molecule is C=CS(=O)(=O)NCC1CN(C(=O)c2ccc(CC(=O)NCc3ccc(C(F)(F)F)cc3)cc2)CC1(F)F. The van der Waals surface area contributed by atoms with Crippen LogP contribution in [-0.2, 0) is 34.0 Å². The molecule has 7 nitrogen and oxygen atoms in total. The van der Waals surface area contributed by atoms with Crippen molar-refractivity contribution in [3.63, 3.8) is 0 Å². The fourth-order valence-corrected chi connectivity index (χ4v) is 4.25. The van der Waals surface area contributed by atoms with Gasteiger partial charge in [-0.2, -0.15) is 13.2 Å². The van der Waals surface area contributed by atoms with Crippen LogP contribution in [0.25, 0.3) is 0 Å². The molecule has 1 aliphatic rings. The number of hydrogen-bond donors (Lipinski definition) is 2. The Labute approximate surface area is 210 Å². The molecule has 2 amide bonds. The van der Waals surface area contributed by atoms with Gasteiger partial charge in [0.2, 0.25) is 15.9 Å². The summed E-state index contributed by atoms with van der Waals surface area (Å²) in [5, 5.41) is 3.21. The van der Waals surface area contributed by atoms with Crippen LogP contribution in [0.2, 0.25) is 0 Å². The van der Waals surface area contributed by atoms with Crippen LogP contribution in [0, 0.1) is 5.92 Å². The van der Waals surface area contributed by atoms with Crippen molar-refractivity contribution < 1.29 is 40.0 Å². The molecule has 1 heterocycles. The van der Waals surface area contributed by atoms with E-state index in [1.165, 1.54) is 36.4 Å². The molecule has 0 aliphatic carbocycles. The highest BCUT2D eigenvalue weighted by Crippen LogP contribution is 2.33. The first-order valence-corrected chi connectivity index (χ1v) is 12.6. The molecule has 200 valence electrons. The monoisotopic (exact) mass is 545 g/mol. The van der Waals surface area contributed by atoms with Gasteiger partial charge in [-0.05, 0) is 35.4 Å². The molecule has 0 aromatic heterocycles. The maximum absolute atomic E-state index is 14.3. The van der Waals surface area contributed by atoms with Gasteiger partial charge in [-0.3, -0.25) is 9.59 Å². The number of sulfonamides is 1. The molecule has 1 unspecified atom stereocenters. The van der Waals surface area contributed by atoms with Crippen LogP contribution in [0.1, 0.15) is 27.0 Å². The predicted octanol–water partition coefficient (Wildman–Crippen LogP) is 3.33. The maximum atomic E-state index is 14.3. The Morgan fingerprint density at radius 3 is 2.22 bits per heavy atom. The quantitative estimate of drug-likeness (QED) is 0.473. The third-order valence-corrected chi connectivity index (χ3v) is 6.82. The van der Waals surface area contributed by atoms with Gasteiger partial charge in [0, 0.05) is 30.6 Å². The Morgan fingerprint density at radius 1 is 1.05 bits per heavy atom. The van der Waals surface area contributed by atoms with E-state index in [1.807, 2.05) is 4.72 Å². The van der Waals surface area contributed by atoms with Gasteiger partial charge in [0.05, 0.1) is 24.4 Å². The second kappa shape index (κ2) is 11.0. The van der Waals surface area contributed by atoms with E-state index in [2.05, 4.69) is 11.9 Å². The number of halogens is 5. The minimum atomic E-state index is -4.45. The highest BCUT2D eigenvalue weighted by molar-refractivity contribution is 7.92. The molecule has 0 saturated carbocycles. The van der Waals surface area contributed by atoms with Crippen molar-refractivity contribution in [2.24, 2.45) is 5.92 Å². The Hall–Kier alpha value is -3.32. The molecule has 2 aromatic rings. The van der Waals surface area contributed by atoms with E-state index >= 15 is 0 Å². The van der Waals surface area contributed by atoms with E-state index in [1.54, 1.807) is 0 Å². The van der Waals surface area contributed by atoms with Gasteiger partial charge in [0.1, 0.15) is 0 Å². The summed E-state index contributed by atoms with van der Waals surface area (Å²) in [6.45, 7) is 1.36. The van der Waals surface area contributed by atoms with Crippen LogP contribution in [-0.4, -0.2) is 50.7 Å². The number of hydrogen-bond acceptors (Lipinski definition) is 4. The number of amides is 2. The van der Waals surface area contributed by atoms with Crippen LogP contribution in [0.3, 0.4) is 0 Å². The average molecular weight is 546 g/mol. The van der Waals surface area contributed by atoms with Crippen molar-refractivity contribution in [1.82, 2.24) is 14.9 Å². The highest BCUT2D eigenvalue weighted by Gasteiger charge is 2.49. The number of carbonyl (C=O) groups is 2. The number of benzene rings is 2. The molecule has 1 saturated heterocycles. The van der Waals surface area contributed by atoms with E-state index < -0.39 is 58.5 Å². The van der Waals surface area contributed by atoms with E-state index in [0.717, 1.165) is 17.0 Å². The van der Waals surface area contributed by atoms with E-state index in [0.29, 0.717) is 16.5 Å². The molecule has 1 fully saturated rings. The lowest BCUT2D eigenvalue weighted by atomic mass is 10.1. The Morgan fingerprint density at radius 2 is 1.65 bits per heavy atom. The number of likely N-dealkylation sites (tertiary alicyclic amines) is 1. The van der Waals surface area contributed by atoms with Crippen molar-refractivity contribution in [2.75, 3.05) is 19.6 Å². The largest absolute Gasteiger partial charge is 0.416 e. The van der Waals surface area contributed by atoms with E-state index in [4.69, 9.17) is 0 Å². The summed E-state index contributed by atoms with van der Waals surface area (Å²) in [7, 11) is -3.89. The van der Waals surface area contributed by atoms with Crippen molar-refractivity contribution in [3.05, 3.63) is 82.8 Å². The van der Waals surface area contributed by atoms with Gasteiger partial charge >= 0.3 is 6.18 Å². The number of nitrogens with zero attached hydrogens (tertiary/aromatic N) is 1. The van der Waals surface area contributed by atoms with Crippen molar-refractivity contribution in [1.29, 1.82) is 0 Å². The summed E-state index contributed by atoms with van der Waals surface area (Å²) in [5.41, 5.74) is 0.352. The van der Waals surface area contributed by atoms with Crippen LogP contribution in [0.4, 0.5) is 22.0 Å². The zero-order valence-electron chi connectivity index (χ0n) is 19.4. The average Bonchev–Trinajstić information content (AvgIpc) is 3.15. The highest BCUT2D eigenvalue weighted by atomic mass is 32.2. The zero-order valence-corrected chi connectivity index (χ0v) is 20.2. The first-order chi connectivity index (χ1) is 17.2. The minimum Gasteiger partial charge on any atom is -0.352 e.